The first-order valence-corrected chi connectivity index (χ1v) is 7.55. The number of hydrogen-bond acceptors (Lipinski definition) is 5. The molecule has 1 fully saturated rings. The largest absolute Gasteiger partial charge is 0.463 e. The van der Waals surface area contributed by atoms with Crippen LogP contribution in [0, 0.1) is 12.3 Å². The van der Waals surface area contributed by atoms with Gasteiger partial charge in [0.05, 0.1) is 18.1 Å². The number of ether oxygens (including phenoxy) is 1. The number of pyridine rings is 1. The minimum absolute atomic E-state index is 0.275. The van der Waals surface area contributed by atoms with Crippen LogP contribution in [0.25, 0.3) is 0 Å². The van der Waals surface area contributed by atoms with Gasteiger partial charge in [-0.1, -0.05) is 18.9 Å². The molecule has 0 saturated heterocycles. The Bertz CT molecular complexity index is 492. The summed E-state index contributed by atoms with van der Waals surface area (Å²) in [6, 6.07) is 3.85. The number of nitrogens with one attached hydrogen (secondary N) is 1. The minimum Gasteiger partial charge on any atom is -0.463 e. The second kappa shape index (κ2) is 6.89. The Labute approximate surface area is 125 Å². The third-order valence-corrected chi connectivity index (χ3v) is 4.26. The number of rotatable bonds is 5. The van der Waals surface area contributed by atoms with Gasteiger partial charge in [0.15, 0.2) is 0 Å². The second-order valence-corrected chi connectivity index (χ2v) is 5.91. The molecule has 1 aromatic heterocycles. The molecule has 21 heavy (non-hydrogen) atoms. The Balaban J connectivity index is 1.78. The Morgan fingerprint density at radius 1 is 1.57 bits per heavy atom. The van der Waals surface area contributed by atoms with E-state index in [1.165, 1.54) is 0 Å². The quantitative estimate of drug-likeness (QED) is 0.643. The van der Waals surface area contributed by atoms with Crippen LogP contribution in [0.5, 0.6) is 0 Å². The molecule has 0 amide bonds. The summed E-state index contributed by atoms with van der Waals surface area (Å²) in [5.41, 5.74) is 0.303. The average Bonchev–Trinajstić information content (AvgIpc) is 2.48. The van der Waals surface area contributed by atoms with Crippen LogP contribution < -0.4 is 5.32 Å². The number of aryl methyl sites for hydroxylation is 1. The number of hydrogen-bond donors (Lipinski definition) is 2. The van der Waals surface area contributed by atoms with E-state index in [0.29, 0.717) is 19.4 Å². The first kappa shape index (κ1) is 15.8. The van der Waals surface area contributed by atoms with Crippen molar-refractivity contribution >= 4 is 11.8 Å². The SMILES string of the molecule is Cc1cccnc1NCCOC(=O)C1(C)CCCCC1O. The fraction of sp³-hybridized carbons (Fsp3) is 0.625. The summed E-state index contributed by atoms with van der Waals surface area (Å²) in [5, 5.41) is 13.2. The van der Waals surface area contributed by atoms with Gasteiger partial charge in [-0.05, 0) is 38.3 Å². The van der Waals surface area contributed by atoms with Gasteiger partial charge in [0.1, 0.15) is 12.4 Å². The van der Waals surface area contributed by atoms with Crippen LogP contribution in [0.3, 0.4) is 0 Å². The molecule has 0 aliphatic heterocycles. The molecule has 1 saturated carbocycles. The number of anilines is 1. The predicted molar refractivity (Wildman–Crippen MR) is 81.0 cm³/mol. The van der Waals surface area contributed by atoms with Crippen LogP contribution in [-0.4, -0.2) is 35.3 Å². The van der Waals surface area contributed by atoms with Crippen molar-refractivity contribution in [1.82, 2.24) is 4.98 Å². The fourth-order valence-electron chi connectivity index (χ4n) is 2.70. The van der Waals surface area contributed by atoms with Crippen LogP contribution in [0.1, 0.15) is 38.2 Å². The van der Waals surface area contributed by atoms with Crippen molar-refractivity contribution in [2.24, 2.45) is 5.41 Å². The van der Waals surface area contributed by atoms with E-state index < -0.39 is 11.5 Å². The Hall–Kier alpha value is -1.62. The highest BCUT2D eigenvalue weighted by molar-refractivity contribution is 5.77. The molecule has 1 heterocycles. The Morgan fingerprint density at radius 2 is 2.38 bits per heavy atom. The number of nitrogens with zero attached hydrogens (tertiary/aromatic N) is 1. The number of carbonyl (C=O) groups is 1. The summed E-state index contributed by atoms with van der Waals surface area (Å²) in [6.07, 6.45) is 4.44. The topological polar surface area (TPSA) is 71.5 Å². The fourth-order valence-corrected chi connectivity index (χ4v) is 2.70. The number of esters is 1. The lowest BCUT2D eigenvalue weighted by Gasteiger charge is -2.35. The Kier molecular flexibility index (Phi) is 5.17. The third-order valence-electron chi connectivity index (χ3n) is 4.26. The standard InChI is InChI=1S/C16H24N2O3/c1-12-6-5-9-17-14(12)18-10-11-21-15(20)16(2)8-4-3-7-13(16)19/h5-6,9,13,19H,3-4,7-8,10-11H2,1-2H3,(H,17,18). The molecule has 0 spiro atoms. The summed E-state index contributed by atoms with van der Waals surface area (Å²) in [5.74, 6) is 0.506. The van der Waals surface area contributed by atoms with Crippen LogP contribution in [0.15, 0.2) is 18.3 Å². The van der Waals surface area contributed by atoms with Gasteiger partial charge < -0.3 is 15.2 Å². The number of aromatic nitrogens is 1. The zero-order valence-electron chi connectivity index (χ0n) is 12.8. The number of carbonyl (C=O) groups excluding carboxylic acids is 1. The maximum absolute atomic E-state index is 12.2. The molecule has 1 aliphatic carbocycles. The van der Waals surface area contributed by atoms with Crippen molar-refractivity contribution < 1.29 is 14.6 Å². The van der Waals surface area contributed by atoms with E-state index in [0.717, 1.165) is 24.2 Å². The molecule has 2 unspecified atom stereocenters. The van der Waals surface area contributed by atoms with Gasteiger partial charge in [-0.15, -0.1) is 0 Å². The highest BCUT2D eigenvalue weighted by Gasteiger charge is 2.43. The predicted octanol–water partition coefficient (Wildman–Crippen LogP) is 2.29. The Morgan fingerprint density at radius 3 is 3.10 bits per heavy atom. The van der Waals surface area contributed by atoms with Crippen molar-refractivity contribution in [3.63, 3.8) is 0 Å². The van der Waals surface area contributed by atoms with E-state index in [1.807, 2.05) is 19.1 Å². The molecule has 5 nitrogen and oxygen atoms in total. The number of aliphatic hydroxyl groups is 1. The van der Waals surface area contributed by atoms with Gasteiger partial charge in [-0.2, -0.15) is 0 Å². The first-order chi connectivity index (χ1) is 10.0. The van der Waals surface area contributed by atoms with Crippen molar-refractivity contribution in [2.75, 3.05) is 18.5 Å². The van der Waals surface area contributed by atoms with Gasteiger partial charge >= 0.3 is 5.97 Å². The normalized spacial score (nSPS) is 25.4. The van der Waals surface area contributed by atoms with Gasteiger partial charge in [-0.25, -0.2) is 4.98 Å². The molecule has 5 heteroatoms. The van der Waals surface area contributed by atoms with Gasteiger partial charge in [0.25, 0.3) is 0 Å². The van der Waals surface area contributed by atoms with Crippen molar-refractivity contribution in [3.8, 4) is 0 Å². The highest BCUT2D eigenvalue weighted by Crippen LogP contribution is 2.37. The van der Waals surface area contributed by atoms with Gasteiger partial charge in [0, 0.05) is 6.20 Å². The molecule has 2 atom stereocenters. The smallest absolute Gasteiger partial charge is 0.314 e. The lowest BCUT2D eigenvalue weighted by molar-refractivity contribution is -0.164. The highest BCUT2D eigenvalue weighted by atomic mass is 16.5. The summed E-state index contributed by atoms with van der Waals surface area (Å²) in [6.45, 7) is 4.56. The molecule has 0 aromatic carbocycles. The van der Waals surface area contributed by atoms with Crippen LogP contribution in [0.4, 0.5) is 5.82 Å². The molecule has 1 aromatic rings. The van der Waals surface area contributed by atoms with E-state index in [-0.39, 0.29) is 12.6 Å². The number of aliphatic hydroxyl groups excluding tert-OH is 1. The molecule has 0 radical (unpaired) electrons. The summed E-state index contributed by atoms with van der Waals surface area (Å²) in [4.78, 5) is 16.4. The summed E-state index contributed by atoms with van der Waals surface area (Å²) >= 11 is 0. The van der Waals surface area contributed by atoms with Crippen molar-refractivity contribution in [1.29, 1.82) is 0 Å². The maximum Gasteiger partial charge on any atom is 0.314 e. The van der Waals surface area contributed by atoms with Crippen molar-refractivity contribution in [3.05, 3.63) is 23.9 Å². The lowest BCUT2D eigenvalue weighted by atomic mass is 9.73. The van der Waals surface area contributed by atoms with E-state index >= 15 is 0 Å². The lowest BCUT2D eigenvalue weighted by Crippen LogP contribution is -2.43. The first-order valence-electron chi connectivity index (χ1n) is 7.55. The molecule has 2 N–H and O–H groups in total. The summed E-state index contributed by atoms with van der Waals surface area (Å²) in [7, 11) is 0. The maximum atomic E-state index is 12.2. The zero-order chi connectivity index (χ0) is 15.3. The van der Waals surface area contributed by atoms with Crippen LogP contribution >= 0.6 is 0 Å². The van der Waals surface area contributed by atoms with E-state index in [4.69, 9.17) is 4.74 Å². The molecule has 116 valence electrons. The van der Waals surface area contributed by atoms with Gasteiger partial charge in [0.2, 0.25) is 0 Å². The van der Waals surface area contributed by atoms with Crippen molar-refractivity contribution in [2.45, 2.75) is 45.6 Å². The van der Waals surface area contributed by atoms with E-state index in [1.54, 1.807) is 13.1 Å². The second-order valence-electron chi connectivity index (χ2n) is 5.91. The van der Waals surface area contributed by atoms with Crippen LogP contribution in [0.2, 0.25) is 0 Å². The molecular formula is C16H24N2O3. The zero-order valence-corrected chi connectivity index (χ0v) is 12.8. The molecule has 1 aliphatic rings. The summed E-state index contributed by atoms with van der Waals surface area (Å²) < 4.78 is 5.33. The average molecular weight is 292 g/mol. The monoisotopic (exact) mass is 292 g/mol. The van der Waals surface area contributed by atoms with Crippen LogP contribution in [-0.2, 0) is 9.53 Å². The third kappa shape index (κ3) is 3.73. The van der Waals surface area contributed by atoms with E-state index in [2.05, 4.69) is 10.3 Å². The molecule has 2 rings (SSSR count). The van der Waals surface area contributed by atoms with Gasteiger partial charge in [-0.3, -0.25) is 4.79 Å². The molecular weight excluding hydrogens is 268 g/mol. The minimum atomic E-state index is -0.751. The van der Waals surface area contributed by atoms with E-state index in [9.17, 15) is 9.90 Å². The molecule has 0 bridgehead atoms.